The molecule has 0 bridgehead atoms. The highest BCUT2D eigenvalue weighted by atomic mass is 35.5. The summed E-state index contributed by atoms with van der Waals surface area (Å²) in [7, 11) is 3.29. The lowest BCUT2D eigenvalue weighted by Gasteiger charge is -2.08. The van der Waals surface area contributed by atoms with E-state index in [1.807, 2.05) is 0 Å². The molecule has 2 aromatic rings. The Balaban J connectivity index is 2.58. The molecule has 0 aliphatic heterocycles. The van der Waals surface area contributed by atoms with Crippen molar-refractivity contribution in [3.8, 4) is 17.0 Å². The fraction of sp³-hybridized carbons (Fsp3) is 0.286. The number of aryl methyl sites for hydroxylation is 1. The summed E-state index contributed by atoms with van der Waals surface area (Å²) in [5.41, 5.74) is 1.53. The van der Waals surface area contributed by atoms with E-state index < -0.39 is 5.97 Å². The fourth-order valence-electron chi connectivity index (χ4n) is 1.91. The van der Waals surface area contributed by atoms with Crippen LogP contribution in [0.4, 0.5) is 0 Å². The Labute approximate surface area is 122 Å². The van der Waals surface area contributed by atoms with Gasteiger partial charge in [-0.25, -0.2) is 4.79 Å². The van der Waals surface area contributed by atoms with E-state index in [0.717, 1.165) is 0 Å². The minimum Gasteiger partial charge on any atom is -0.496 e. The van der Waals surface area contributed by atoms with Crippen LogP contribution in [-0.2, 0) is 11.8 Å². The monoisotopic (exact) mass is 294 g/mol. The van der Waals surface area contributed by atoms with E-state index in [9.17, 15) is 4.79 Å². The third-order valence-corrected chi connectivity index (χ3v) is 2.98. The number of hydrogen-bond donors (Lipinski definition) is 0. The number of benzene rings is 1. The normalized spacial score (nSPS) is 10.4. The molecular formula is C14H15ClN2O3. The molecule has 0 fully saturated rings. The van der Waals surface area contributed by atoms with Gasteiger partial charge in [0.25, 0.3) is 0 Å². The quantitative estimate of drug-likeness (QED) is 0.814. The van der Waals surface area contributed by atoms with Gasteiger partial charge in [0.2, 0.25) is 0 Å². The summed E-state index contributed by atoms with van der Waals surface area (Å²) >= 11 is 6.02. The van der Waals surface area contributed by atoms with E-state index in [4.69, 9.17) is 21.1 Å². The first-order chi connectivity index (χ1) is 9.56. The van der Waals surface area contributed by atoms with E-state index in [-0.39, 0.29) is 0 Å². The highest BCUT2D eigenvalue weighted by molar-refractivity contribution is 6.31. The Kier molecular flexibility index (Phi) is 4.29. The molecular weight excluding hydrogens is 280 g/mol. The Morgan fingerprint density at radius 1 is 1.45 bits per heavy atom. The van der Waals surface area contributed by atoms with Crippen molar-refractivity contribution in [2.45, 2.75) is 6.92 Å². The third-order valence-electron chi connectivity index (χ3n) is 2.74. The summed E-state index contributed by atoms with van der Waals surface area (Å²) in [4.78, 5) is 12.0. The highest BCUT2D eigenvalue weighted by Crippen LogP contribution is 2.33. The molecule has 106 valence electrons. The first-order valence-corrected chi connectivity index (χ1v) is 6.49. The number of rotatable bonds is 4. The van der Waals surface area contributed by atoms with Gasteiger partial charge in [0, 0.05) is 23.8 Å². The molecule has 2 rings (SSSR count). The maximum Gasteiger partial charge on any atom is 0.341 e. The third kappa shape index (κ3) is 2.77. The number of nitrogens with zero attached hydrogens (tertiary/aromatic N) is 2. The van der Waals surface area contributed by atoms with Crippen LogP contribution in [0.1, 0.15) is 17.3 Å². The lowest BCUT2D eigenvalue weighted by atomic mass is 10.1. The van der Waals surface area contributed by atoms with Gasteiger partial charge in [-0.15, -0.1) is 0 Å². The molecule has 0 saturated heterocycles. The van der Waals surface area contributed by atoms with Crippen LogP contribution in [0.5, 0.6) is 5.75 Å². The maximum atomic E-state index is 12.0. The molecule has 0 amide bonds. The predicted molar refractivity (Wildman–Crippen MR) is 76.2 cm³/mol. The second kappa shape index (κ2) is 5.96. The Hall–Kier alpha value is -2.01. The van der Waals surface area contributed by atoms with Crippen molar-refractivity contribution in [1.82, 2.24) is 9.78 Å². The van der Waals surface area contributed by atoms with E-state index in [1.165, 1.54) is 0 Å². The van der Waals surface area contributed by atoms with Crippen molar-refractivity contribution >= 4 is 17.6 Å². The molecule has 0 aliphatic carbocycles. The van der Waals surface area contributed by atoms with Crippen molar-refractivity contribution < 1.29 is 14.3 Å². The largest absolute Gasteiger partial charge is 0.496 e. The first-order valence-electron chi connectivity index (χ1n) is 6.11. The number of ether oxygens (including phenoxy) is 2. The van der Waals surface area contributed by atoms with Crippen molar-refractivity contribution in [3.05, 3.63) is 35.0 Å². The zero-order valence-corrected chi connectivity index (χ0v) is 12.3. The zero-order valence-electron chi connectivity index (χ0n) is 11.5. The van der Waals surface area contributed by atoms with Gasteiger partial charge in [-0.05, 0) is 25.1 Å². The van der Waals surface area contributed by atoms with Crippen LogP contribution in [0, 0.1) is 0 Å². The topological polar surface area (TPSA) is 53.4 Å². The second-order valence-electron chi connectivity index (χ2n) is 4.13. The Morgan fingerprint density at radius 3 is 2.85 bits per heavy atom. The molecule has 0 aliphatic rings. The smallest absolute Gasteiger partial charge is 0.341 e. The Bertz CT molecular complexity index is 637. The standard InChI is InChI=1S/C14H15ClN2O3/c1-4-20-14(18)11-8-17(2)16-13(11)10-7-9(15)5-6-12(10)19-3/h5-8H,4H2,1-3H3. The lowest BCUT2D eigenvalue weighted by molar-refractivity contribution is 0.0527. The highest BCUT2D eigenvalue weighted by Gasteiger charge is 2.21. The molecule has 0 unspecified atom stereocenters. The number of esters is 1. The van der Waals surface area contributed by atoms with Crippen molar-refractivity contribution in [2.24, 2.45) is 7.05 Å². The molecule has 1 aromatic carbocycles. The number of halogens is 1. The SMILES string of the molecule is CCOC(=O)c1cn(C)nc1-c1cc(Cl)ccc1OC. The lowest BCUT2D eigenvalue weighted by Crippen LogP contribution is -2.05. The summed E-state index contributed by atoms with van der Waals surface area (Å²) in [5.74, 6) is 0.177. The summed E-state index contributed by atoms with van der Waals surface area (Å²) in [6, 6.07) is 5.17. The summed E-state index contributed by atoms with van der Waals surface area (Å²) < 4.78 is 11.9. The molecule has 6 heteroatoms. The molecule has 0 spiro atoms. The van der Waals surface area contributed by atoms with E-state index in [1.54, 1.807) is 50.2 Å². The van der Waals surface area contributed by atoms with E-state index in [0.29, 0.717) is 34.2 Å². The second-order valence-corrected chi connectivity index (χ2v) is 4.57. The van der Waals surface area contributed by atoms with Crippen molar-refractivity contribution in [3.63, 3.8) is 0 Å². The fourth-order valence-corrected chi connectivity index (χ4v) is 2.08. The molecule has 5 nitrogen and oxygen atoms in total. The van der Waals surface area contributed by atoms with Crippen LogP contribution < -0.4 is 4.74 Å². The maximum absolute atomic E-state index is 12.0. The zero-order chi connectivity index (χ0) is 14.7. The van der Waals surface area contributed by atoms with Gasteiger partial charge < -0.3 is 9.47 Å². The number of carbonyl (C=O) groups excluding carboxylic acids is 1. The van der Waals surface area contributed by atoms with Crippen LogP contribution in [0.2, 0.25) is 5.02 Å². The average molecular weight is 295 g/mol. The molecule has 0 saturated carbocycles. The number of methoxy groups -OCH3 is 1. The summed E-state index contributed by atoms with van der Waals surface area (Å²) in [6.07, 6.45) is 1.62. The summed E-state index contributed by atoms with van der Waals surface area (Å²) in [6.45, 7) is 2.06. The minimum absolute atomic E-state index is 0.305. The molecule has 0 radical (unpaired) electrons. The number of aromatic nitrogens is 2. The minimum atomic E-state index is -0.419. The molecule has 0 atom stereocenters. The van der Waals surface area contributed by atoms with Gasteiger partial charge in [-0.2, -0.15) is 5.10 Å². The molecule has 0 N–H and O–H groups in total. The van der Waals surface area contributed by atoms with E-state index in [2.05, 4.69) is 5.10 Å². The number of hydrogen-bond acceptors (Lipinski definition) is 4. The number of carbonyl (C=O) groups is 1. The molecule has 1 aromatic heterocycles. The van der Waals surface area contributed by atoms with Crippen molar-refractivity contribution in [1.29, 1.82) is 0 Å². The van der Waals surface area contributed by atoms with Crippen LogP contribution in [0.15, 0.2) is 24.4 Å². The van der Waals surface area contributed by atoms with E-state index >= 15 is 0 Å². The van der Waals surface area contributed by atoms with Gasteiger partial charge in [0.05, 0.1) is 13.7 Å². The van der Waals surface area contributed by atoms with Gasteiger partial charge in [-0.1, -0.05) is 11.6 Å². The van der Waals surface area contributed by atoms with Crippen LogP contribution in [0.3, 0.4) is 0 Å². The van der Waals surface area contributed by atoms with Crippen LogP contribution in [-0.4, -0.2) is 29.5 Å². The van der Waals surface area contributed by atoms with Gasteiger partial charge >= 0.3 is 5.97 Å². The predicted octanol–water partition coefficient (Wildman–Crippen LogP) is 2.93. The van der Waals surface area contributed by atoms with Gasteiger partial charge in [0.15, 0.2) is 0 Å². The Morgan fingerprint density at radius 2 is 2.20 bits per heavy atom. The van der Waals surface area contributed by atoms with Crippen LogP contribution in [0.25, 0.3) is 11.3 Å². The first kappa shape index (κ1) is 14.4. The molecule has 20 heavy (non-hydrogen) atoms. The van der Waals surface area contributed by atoms with Crippen molar-refractivity contribution in [2.75, 3.05) is 13.7 Å². The van der Waals surface area contributed by atoms with Gasteiger partial charge in [-0.3, -0.25) is 4.68 Å². The van der Waals surface area contributed by atoms with Crippen LogP contribution >= 0.6 is 11.6 Å². The molecule has 1 heterocycles. The summed E-state index contributed by atoms with van der Waals surface area (Å²) in [5, 5.41) is 4.85. The average Bonchev–Trinajstić information content (AvgIpc) is 2.81. The van der Waals surface area contributed by atoms with Gasteiger partial charge in [0.1, 0.15) is 17.0 Å².